The Morgan fingerprint density at radius 1 is 1.10 bits per heavy atom. The molecule has 0 aliphatic carbocycles. The first kappa shape index (κ1) is 18.9. The first-order valence-electron chi connectivity index (χ1n) is 10.6. The van der Waals surface area contributed by atoms with Crippen LogP contribution in [-0.2, 0) is 26.5 Å². The van der Waals surface area contributed by atoms with Gasteiger partial charge in [0, 0.05) is 24.2 Å². The largest absolute Gasteiger partial charge is 0.427 e. The number of carbonyl (C=O) groups is 1. The highest BCUT2D eigenvalue weighted by Gasteiger charge is 2.43. The van der Waals surface area contributed by atoms with Gasteiger partial charge in [0.1, 0.15) is 0 Å². The summed E-state index contributed by atoms with van der Waals surface area (Å²) >= 11 is 0. The highest BCUT2D eigenvalue weighted by Crippen LogP contribution is 2.43. The fraction of sp³-hybridized carbons (Fsp3) is 0.269. The highest BCUT2D eigenvalue weighted by atomic mass is 16.7. The molecule has 0 spiro atoms. The van der Waals surface area contributed by atoms with E-state index in [1.165, 1.54) is 39.8 Å². The Kier molecular flexibility index (Phi) is 4.59. The Labute approximate surface area is 175 Å². The number of hydrogen-bond donors (Lipinski definition) is 1. The SMILES string of the molecule is CCCC1(OC(C)=O)OCCc2c1[nH]c1cccc(-c3ccc4ccccc4c3)c21. The Morgan fingerprint density at radius 3 is 2.73 bits per heavy atom. The van der Waals surface area contributed by atoms with E-state index in [1.807, 2.05) is 0 Å². The molecule has 1 atom stereocenters. The molecule has 2 heterocycles. The molecule has 0 saturated heterocycles. The molecule has 1 unspecified atom stereocenters. The number of benzene rings is 3. The van der Waals surface area contributed by atoms with Crippen molar-refractivity contribution in [2.75, 3.05) is 6.61 Å². The second kappa shape index (κ2) is 7.29. The van der Waals surface area contributed by atoms with Gasteiger partial charge >= 0.3 is 5.97 Å². The van der Waals surface area contributed by atoms with E-state index in [2.05, 4.69) is 72.6 Å². The second-order valence-electron chi connectivity index (χ2n) is 7.96. The van der Waals surface area contributed by atoms with E-state index in [0.29, 0.717) is 13.0 Å². The maximum Gasteiger partial charge on any atom is 0.305 e. The van der Waals surface area contributed by atoms with Crippen molar-refractivity contribution < 1.29 is 14.3 Å². The summed E-state index contributed by atoms with van der Waals surface area (Å²) in [6.07, 6.45) is 2.25. The molecule has 5 rings (SSSR count). The summed E-state index contributed by atoms with van der Waals surface area (Å²) in [5.74, 6) is -1.36. The van der Waals surface area contributed by atoms with Crippen molar-refractivity contribution in [3.63, 3.8) is 0 Å². The van der Waals surface area contributed by atoms with Crippen molar-refractivity contribution in [2.24, 2.45) is 0 Å². The zero-order valence-corrected chi connectivity index (χ0v) is 17.3. The molecule has 3 aromatic carbocycles. The van der Waals surface area contributed by atoms with Gasteiger partial charge in [-0.25, -0.2) is 0 Å². The fourth-order valence-electron chi connectivity index (χ4n) is 4.77. The van der Waals surface area contributed by atoms with Crippen LogP contribution in [0, 0.1) is 0 Å². The number of aromatic nitrogens is 1. The highest BCUT2D eigenvalue weighted by molar-refractivity contribution is 6.00. The Hall–Kier alpha value is -3.11. The van der Waals surface area contributed by atoms with Crippen LogP contribution >= 0.6 is 0 Å². The number of hydrogen-bond acceptors (Lipinski definition) is 3. The van der Waals surface area contributed by atoms with E-state index in [4.69, 9.17) is 9.47 Å². The van der Waals surface area contributed by atoms with E-state index < -0.39 is 5.79 Å². The molecule has 0 bridgehead atoms. The molecule has 30 heavy (non-hydrogen) atoms. The van der Waals surface area contributed by atoms with Gasteiger partial charge in [-0.2, -0.15) is 0 Å². The summed E-state index contributed by atoms with van der Waals surface area (Å²) in [5, 5.41) is 3.65. The molecular formula is C26H25NO3. The predicted octanol–water partition coefficient (Wildman–Crippen LogP) is 6.08. The molecule has 0 radical (unpaired) electrons. The second-order valence-corrected chi connectivity index (χ2v) is 7.96. The lowest BCUT2D eigenvalue weighted by Crippen LogP contribution is -2.39. The van der Waals surface area contributed by atoms with Gasteiger partial charge in [0.05, 0.1) is 12.3 Å². The molecule has 1 aliphatic heterocycles. The molecule has 0 saturated carbocycles. The summed E-state index contributed by atoms with van der Waals surface area (Å²) in [7, 11) is 0. The summed E-state index contributed by atoms with van der Waals surface area (Å²) in [6, 6.07) is 21.3. The van der Waals surface area contributed by atoms with Gasteiger partial charge in [-0.05, 0) is 52.4 Å². The van der Waals surface area contributed by atoms with Gasteiger partial charge in [0.15, 0.2) is 0 Å². The monoisotopic (exact) mass is 399 g/mol. The molecule has 4 nitrogen and oxygen atoms in total. The molecular weight excluding hydrogens is 374 g/mol. The average Bonchev–Trinajstić information content (AvgIpc) is 3.14. The number of aromatic amines is 1. The summed E-state index contributed by atoms with van der Waals surface area (Å²) in [5.41, 5.74) is 5.49. The number of nitrogens with one attached hydrogen (secondary N) is 1. The zero-order valence-electron chi connectivity index (χ0n) is 17.3. The molecule has 4 heteroatoms. The first-order valence-corrected chi connectivity index (χ1v) is 10.6. The number of carbonyl (C=O) groups excluding carboxylic acids is 1. The standard InChI is InChI=1S/C26H25NO3/c1-3-14-26(30-17(2)28)25-22(13-15-29-26)24-21(9-6-10-23(24)27-25)20-12-11-18-7-4-5-8-19(18)16-20/h4-12,16,27H,3,13-15H2,1-2H3. The van der Waals surface area contributed by atoms with Crippen molar-refractivity contribution in [1.29, 1.82) is 0 Å². The lowest BCUT2D eigenvalue weighted by molar-refractivity contribution is -0.247. The molecule has 1 aliphatic rings. The number of ether oxygens (including phenoxy) is 2. The minimum absolute atomic E-state index is 0.329. The maximum atomic E-state index is 11.9. The molecule has 1 aromatic heterocycles. The van der Waals surface area contributed by atoms with E-state index in [9.17, 15) is 4.79 Å². The summed E-state index contributed by atoms with van der Waals surface area (Å²) < 4.78 is 11.9. The van der Waals surface area contributed by atoms with Gasteiger partial charge < -0.3 is 14.5 Å². The molecule has 152 valence electrons. The van der Waals surface area contributed by atoms with Gasteiger partial charge in [-0.3, -0.25) is 4.79 Å². The number of H-pyrrole nitrogens is 1. The number of rotatable bonds is 4. The Balaban J connectivity index is 1.73. The van der Waals surface area contributed by atoms with E-state index in [0.717, 1.165) is 24.1 Å². The zero-order chi connectivity index (χ0) is 20.7. The third-order valence-electron chi connectivity index (χ3n) is 5.94. The molecule has 1 N–H and O–H groups in total. The lowest BCUT2D eigenvalue weighted by Gasteiger charge is -2.36. The normalized spacial score (nSPS) is 18.5. The summed E-state index contributed by atoms with van der Waals surface area (Å²) in [4.78, 5) is 15.5. The van der Waals surface area contributed by atoms with Crippen molar-refractivity contribution in [3.8, 4) is 11.1 Å². The van der Waals surface area contributed by atoms with Crippen LogP contribution in [0.5, 0.6) is 0 Å². The van der Waals surface area contributed by atoms with Gasteiger partial charge in [-0.15, -0.1) is 0 Å². The van der Waals surface area contributed by atoms with Crippen LogP contribution in [0.25, 0.3) is 32.8 Å². The van der Waals surface area contributed by atoms with Crippen LogP contribution in [0.1, 0.15) is 37.9 Å². The smallest absolute Gasteiger partial charge is 0.305 e. The van der Waals surface area contributed by atoms with Crippen molar-refractivity contribution in [2.45, 2.75) is 38.9 Å². The third-order valence-corrected chi connectivity index (χ3v) is 5.94. The molecule has 0 amide bonds. The van der Waals surface area contributed by atoms with Crippen molar-refractivity contribution in [3.05, 3.63) is 71.9 Å². The van der Waals surface area contributed by atoms with Gasteiger partial charge in [-0.1, -0.05) is 55.5 Å². The van der Waals surface area contributed by atoms with Crippen LogP contribution in [0.15, 0.2) is 60.7 Å². The Morgan fingerprint density at radius 2 is 1.93 bits per heavy atom. The fourth-order valence-corrected chi connectivity index (χ4v) is 4.77. The predicted molar refractivity (Wildman–Crippen MR) is 119 cm³/mol. The number of esters is 1. The number of fused-ring (bicyclic) bond motifs is 4. The maximum absolute atomic E-state index is 11.9. The lowest BCUT2D eigenvalue weighted by atomic mass is 9.92. The van der Waals surface area contributed by atoms with Crippen LogP contribution in [0.2, 0.25) is 0 Å². The molecule has 0 fully saturated rings. The van der Waals surface area contributed by atoms with Crippen molar-refractivity contribution in [1.82, 2.24) is 4.98 Å². The van der Waals surface area contributed by atoms with Crippen LogP contribution < -0.4 is 0 Å². The summed E-state index contributed by atoms with van der Waals surface area (Å²) in [6.45, 7) is 4.05. The Bertz CT molecular complexity index is 1260. The van der Waals surface area contributed by atoms with Crippen molar-refractivity contribution >= 4 is 27.6 Å². The minimum Gasteiger partial charge on any atom is -0.427 e. The topological polar surface area (TPSA) is 51.3 Å². The minimum atomic E-state index is -1.03. The van der Waals surface area contributed by atoms with Crippen LogP contribution in [0.3, 0.4) is 0 Å². The van der Waals surface area contributed by atoms with Gasteiger partial charge in [0.2, 0.25) is 0 Å². The van der Waals surface area contributed by atoms with Gasteiger partial charge in [0.25, 0.3) is 5.79 Å². The average molecular weight is 399 g/mol. The van der Waals surface area contributed by atoms with E-state index in [-0.39, 0.29) is 5.97 Å². The van der Waals surface area contributed by atoms with E-state index in [1.54, 1.807) is 0 Å². The van der Waals surface area contributed by atoms with E-state index >= 15 is 0 Å². The third kappa shape index (κ3) is 2.99. The van der Waals surface area contributed by atoms with Crippen LogP contribution in [-0.4, -0.2) is 17.6 Å². The quantitative estimate of drug-likeness (QED) is 0.423. The first-order chi connectivity index (χ1) is 14.6. The molecule has 4 aromatic rings. The van der Waals surface area contributed by atoms with Crippen LogP contribution in [0.4, 0.5) is 0 Å².